The van der Waals surface area contributed by atoms with Crippen molar-refractivity contribution < 1.29 is 38.4 Å². The maximum atomic E-state index is 13.2. The van der Waals surface area contributed by atoms with Gasteiger partial charge in [-0.1, -0.05) is 10.5 Å². The molecule has 210 valence electrons. The first-order chi connectivity index (χ1) is 19.3. The molecule has 0 bridgehead atoms. The number of amides is 2. The van der Waals surface area contributed by atoms with Crippen LogP contribution in [0, 0.1) is 5.41 Å². The number of carbonyl (C=O) groups excluding carboxylic acids is 3. The van der Waals surface area contributed by atoms with Gasteiger partial charge in [0, 0.05) is 23.3 Å². The predicted octanol–water partition coefficient (Wildman–Crippen LogP) is -0.289. The molecule has 2 aromatic rings. The normalized spacial score (nSPS) is 22.3. The number of rotatable bonds is 7. The van der Waals surface area contributed by atoms with E-state index >= 15 is 0 Å². The number of imidazole rings is 1. The number of aliphatic imine (C=N–C) groups is 1. The number of amidine groups is 1. The third-order valence-corrected chi connectivity index (χ3v) is 9.55. The van der Waals surface area contributed by atoms with Crippen molar-refractivity contribution in [1.29, 1.82) is 5.41 Å². The van der Waals surface area contributed by atoms with Gasteiger partial charge in [0.2, 0.25) is 0 Å². The number of thioether (sulfide) groups is 1. The summed E-state index contributed by atoms with van der Waals surface area (Å²) in [5.41, 5.74) is 3.70. The Hall–Kier alpha value is -3.86. The lowest BCUT2D eigenvalue weighted by Gasteiger charge is -2.49. The van der Waals surface area contributed by atoms with Crippen LogP contribution in [0.2, 0.25) is 0 Å². The molecule has 3 aliphatic rings. The summed E-state index contributed by atoms with van der Waals surface area (Å²) in [5, 5.41) is 20.1. The van der Waals surface area contributed by atoms with Crippen LogP contribution in [0.25, 0.3) is 5.65 Å². The van der Waals surface area contributed by atoms with Crippen LogP contribution in [0.15, 0.2) is 47.0 Å². The standard InChI is InChI=1S/C24H25N7O7S2/c1-3-38-23(36)14-5-4-7-29-8-9-30(19(14)29)11-13-12-39-21-15(20(33)31(21)16(13)22(34)35)27-17(32)18(28-37-2)40-10-6-26-24(40)25/h4-9,15,21,25,28H,3,10-12H2,1-2H3,(H-,27,32,34,35)/p+1/t15-,21+,40?/m1/s1. The van der Waals surface area contributed by atoms with Gasteiger partial charge in [0.1, 0.15) is 46.6 Å². The molecule has 2 amide bonds. The molecule has 1 unspecified atom stereocenters. The molecule has 5 heterocycles. The van der Waals surface area contributed by atoms with Gasteiger partial charge in [0.15, 0.2) is 5.17 Å². The number of fused-ring (bicyclic) bond motifs is 2. The number of aliphatic carboxylic acids is 1. The second-order valence-electron chi connectivity index (χ2n) is 8.73. The second-order valence-corrected chi connectivity index (χ2v) is 11.7. The average molecular weight is 589 g/mol. The summed E-state index contributed by atoms with van der Waals surface area (Å²) in [5.74, 6) is -2.30. The Morgan fingerprint density at radius 2 is 2.15 bits per heavy atom. The smallest absolute Gasteiger partial charge is 0.352 e. The van der Waals surface area contributed by atoms with Crippen LogP contribution in [0.1, 0.15) is 17.3 Å². The lowest BCUT2D eigenvalue weighted by molar-refractivity contribution is -0.662. The van der Waals surface area contributed by atoms with Gasteiger partial charge in [-0.3, -0.25) is 24.7 Å². The van der Waals surface area contributed by atoms with Gasteiger partial charge < -0.3 is 15.2 Å². The van der Waals surface area contributed by atoms with Crippen LogP contribution in [0.4, 0.5) is 0 Å². The zero-order valence-corrected chi connectivity index (χ0v) is 23.1. The quantitative estimate of drug-likeness (QED) is 0.111. The van der Waals surface area contributed by atoms with Gasteiger partial charge in [-0.15, -0.1) is 11.8 Å². The SMILES string of the molecule is CCOC(=O)c1cccn2cc[n+](CC3=C(C(=O)O)N4C(=O)[C@@H](NC(=O)C(NOC)=S5CC=NC5=N)[C@@H]4SC3)c12. The van der Waals surface area contributed by atoms with Crippen molar-refractivity contribution in [3.05, 3.63) is 47.6 Å². The number of aromatic nitrogens is 2. The van der Waals surface area contributed by atoms with Gasteiger partial charge in [-0.25, -0.2) is 23.5 Å². The van der Waals surface area contributed by atoms with Gasteiger partial charge in [-0.2, -0.15) is 5.48 Å². The van der Waals surface area contributed by atoms with Gasteiger partial charge >= 0.3 is 17.6 Å². The minimum atomic E-state index is -1.26. The molecule has 0 radical (unpaired) electrons. The van der Waals surface area contributed by atoms with Crippen LogP contribution < -0.4 is 15.4 Å². The van der Waals surface area contributed by atoms with Crippen LogP contribution in [0.5, 0.6) is 0 Å². The summed E-state index contributed by atoms with van der Waals surface area (Å²) in [6, 6.07) is 2.40. The molecule has 40 heavy (non-hydrogen) atoms. The number of carboxylic acid groups (broad SMARTS) is 1. The van der Waals surface area contributed by atoms with Crippen molar-refractivity contribution in [2.45, 2.75) is 24.9 Å². The minimum absolute atomic E-state index is 0.0193. The Balaban J connectivity index is 1.40. The fraction of sp³-hybridized carbons (Fsp3) is 0.333. The van der Waals surface area contributed by atoms with Crippen LogP contribution in [-0.4, -0.2) is 91.2 Å². The van der Waals surface area contributed by atoms with Gasteiger partial charge in [0.05, 0.1) is 19.9 Å². The van der Waals surface area contributed by atoms with Crippen molar-refractivity contribution in [2.24, 2.45) is 4.99 Å². The Kier molecular flexibility index (Phi) is 7.84. The van der Waals surface area contributed by atoms with E-state index in [2.05, 4.69) is 15.8 Å². The highest BCUT2D eigenvalue weighted by atomic mass is 32.2. The third-order valence-electron chi connectivity index (χ3n) is 6.40. The number of hydroxylamine groups is 1. The molecule has 4 N–H and O–H groups in total. The molecule has 0 aliphatic carbocycles. The summed E-state index contributed by atoms with van der Waals surface area (Å²) >= 11 is 1.33. The number of hydrogen-bond donors (Lipinski definition) is 4. The van der Waals surface area contributed by atoms with E-state index in [9.17, 15) is 24.3 Å². The van der Waals surface area contributed by atoms with Gasteiger partial charge in [0.25, 0.3) is 11.8 Å². The van der Waals surface area contributed by atoms with E-state index in [1.807, 2.05) is 0 Å². The van der Waals surface area contributed by atoms with Crippen LogP contribution >= 0.6 is 22.2 Å². The molecule has 3 aliphatic heterocycles. The fourth-order valence-electron chi connectivity index (χ4n) is 4.69. The Labute approximate surface area is 234 Å². The summed E-state index contributed by atoms with van der Waals surface area (Å²) in [6.45, 7) is 2.04. The largest absolute Gasteiger partial charge is 0.477 e. The van der Waals surface area contributed by atoms with E-state index in [0.717, 1.165) is 0 Å². The molecule has 2 aromatic heterocycles. The number of esters is 1. The number of β-lactam (4-membered cyclic amide) rings is 1. The second kappa shape index (κ2) is 11.3. The highest BCUT2D eigenvalue weighted by Crippen LogP contribution is 2.40. The maximum absolute atomic E-state index is 13.2. The van der Waals surface area contributed by atoms with E-state index in [-0.39, 0.29) is 34.8 Å². The summed E-state index contributed by atoms with van der Waals surface area (Å²) in [4.78, 5) is 61.3. The number of pyridine rings is 1. The topological polar surface area (TPSA) is 179 Å². The molecule has 1 saturated heterocycles. The molecule has 5 rings (SSSR count). The number of carbonyl (C=O) groups is 4. The average Bonchev–Trinajstić information content (AvgIpc) is 3.55. The summed E-state index contributed by atoms with van der Waals surface area (Å²) in [6.07, 6.45) is 6.78. The first kappa shape index (κ1) is 27.7. The summed E-state index contributed by atoms with van der Waals surface area (Å²) in [7, 11) is 0.376. The van der Waals surface area contributed by atoms with Crippen molar-refractivity contribution >= 4 is 68.0 Å². The molecular weight excluding hydrogens is 562 g/mol. The Bertz CT molecular complexity index is 1550. The van der Waals surface area contributed by atoms with E-state index < -0.39 is 45.7 Å². The van der Waals surface area contributed by atoms with E-state index in [0.29, 0.717) is 22.5 Å². The van der Waals surface area contributed by atoms with Crippen LogP contribution in [0.3, 0.4) is 0 Å². The number of nitrogens with zero attached hydrogens (tertiary/aromatic N) is 4. The van der Waals surface area contributed by atoms with E-state index in [1.165, 1.54) is 30.0 Å². The molecule has 3 atom stereocenters. The maximum Gasteiger partial charge on any atom is 0.352 e. The molecule has 0 spiro atoms. The van der Waals surface area contributed by atoms with E-state index in [1.54, 1.807) is 46.6 Å². The molecule has 0 aromatic carbocycles. The van der Waals surface area contributed by atoms with E-state index in [4.69, 9.17) is 15.0 Å². The lowest BCUT2D eigenvalue weighted by Crippen LogP contribution is -2.71. The first-order valence-corrected chi connectivity index (χ1v) is 14.6. The fourth-order valence-corrected chi connectivity index (χ4v) is 7.44. The Morgan fingerprint density at radius 1 is 1.35 bits per heavy atom. The number of hydrogen-bond acceptors (Lipinski definition) is 8. The van der Waals surface area contributed by atoms with Crippen molar-refractivity contribution in [2.75, 3.05) is 25.2 Å². The van der Waals surface area contributed by atoms with Crippen molar-refractivity contribution in [1.82, 2.24) is 20.1 Å². The highest BCUT2D eigenvalue weighted by molar-refractivity contribution is 8.30. The Morgan fingerprint density at radius 3 is 2.83 bits per heavy atom. The highest BCUT2D eigenvalue weighted by Gasteiger charge is 2.54. The first-order valence-electron chi connectivity index (χ1n) is 12.1. The molecule has 1 fully saturated rings. The molecule has 14 nitrogen and oxygen atoms in total. The predicted molar refractivity (Wildman–Crippen MR) is 147 cm³/mol. The lowest BCUT2D eigenvalue weighted by atomic mass is 10.0. The zero-order chi connectivity index (χ0) is 28.6. The minimum Gasteiger partial charge on any atom is -0.477 e. The number of ether oxygens (including phenoxy) is 1. The van der Waals surface area contributed by atoms with Gasteiger partial charge in [-0.05, 0) is 19.1 Å². The van der Waals surface area contributed by atoms with Crippen LogP contribution in [-0.2, 0) is 30.5 Å². The third kappa shape index (κ3) is 4.83. The van der Waals surface area contributed by atoms with Crippen molar-refractivity contribution in [3.63, 3.8) is 0 Å². The molecule has 16 heteroatoms. The van der Waals surface area contributed by atoms with Crippen molar-refractivity contribution in [3.8, 4) is 0 Å². The number of carboxylic acids is 1. The molecular formula is C24H26N7O7S2+. The number of nitrogens with one attached hydrogen (secondary N) is 3. The summed E-state index contributed by atoms with van der Waals surface area (Å²) < 4.78 is 8.67. The zero-order valence-electron chi connectivity index (χ0n) is 21.4. The monoisotopic (exact) mass is 588 g/mol. The molecule has 0 saturated carbocycles.